The molecule has 0 radical (unpaired) electrons. The Hall–Kier alpha value is -0.920. The second-order valence-electron chi connectivity index (χ2n) is 4.07. The number of hydrogen-bond donors (Lipinski definition) is 2. The molecular formula is C11H15N3O2S2. The van der Waals surface area contributed by atoms with Crippen molar-refractivity contribution in [2.24, 2.45) is 0 Å². The fourth-order valence-electron chi connectivity index (χ4n) is 1.64. The number of nitrogens with one attached hydrogen (secondary N) is 2. The van der Waals surface area contributed by atoms with Crippen molar-refractivity contribution in [2.45, 2.75) is 19.4 Å². The van der Waals surface area contributed by atoms with Crippen LogP contribution in [0.15, 0.2) is 5.38 Å². The van der Waals surface area contributed by atoms with Crippen LogP contribution in [0.4, 0.5) is 5.13 Å². The normalized spacial score (nSPS) is 19.5. The quantitative estimate of drug-likeness (QED) is 0.818. The number of aromatic nitrogens is 1. The Morgan fingerprint density at radius 1 is 1.61 bits per heavy atom. The molecule has 1 aromatic rings. The zero-order valence-electron chi connectivity index (χ0n) is 10.1. The third-order valence-electron chi connectivity index (χ3n) is 2.54. The first-order valence-electron chi connectivity index (χ1n) is 5.72. The van der Waals surface area contributed by atoms with E-state index < -0.39 is 0 Å². The van der Waals surface area contributed by atoms with Gasteiger partial charge in [-0.1, -0.05) is 0 Å². The van der Waals surface area contributed by atoms with E-state index in [2.05, 4.69) is 15.6 Å². The fourth-order valence-corrected chi connectivity index (χ4v) is 3.35. The summed E-state index contributed by atoms with van der Waals surface area (Å²) >= 11 is 3.14. The number of anilines is 1. The maximum absolute atomic E-state index is 11.8. The molecule has 0 aliphatic carbocycles. The molecule has 1 aliphatic heterocycles. The molecule has 7 heteroatoms. The summed E-state index contributed by atoms with van der Waals surface area (Å²) in [5.41, 5.74) is 0.404. The highest BCUT2D eigenvalue weighted by atomic mass is 32.2. The number of rotatable bonds is 4. The van der Waals surface area contributed by atoms with Crippen molar-refractivity contribution in [3.8, 4) is 0 Å². The monoisotopic (exact) mass is 285 g/mol. The lowest BCUT2D eigenvalue weighted by atomic mass is 10.2. The molecule has 5 nitrogen and oxygen atoms in total. The molecule has 1 saturated heterocycles. The summed E-state index contributed by atoms with van der Waals surface area (Å²) < 4.78 is 0. The minimum atomic E-state index is -0.0860. The van der Waals surface area contributed by atoms with Crippen LogP contribution in [0.2, 0.25) is 0 Å². The molecule has 1 aromatic heterocycles. The largest absolute Gasteiger partial charge is 0.312 e. The van der Waals surface area contributed by atoms with Crippen LogP contribution in [0.3, 0.4) is 0 Å². The molecule has 0 spiro atoms. The first-order chi connectivity index (χ1) is 8.65. The summed E-state index contributed by atoms with van der Waals surface area (Å²) in [6, 6.07) is 0.232. The van der Waals surface area contributed by atoms with Crippen molar-refractivity contribution in [3.63, 3.8) is 0 Å². The molecule has 0 bridgehead atoms. The third kappa shape index (κ3) is 3.79. The Morgan fingerprint density at radius 2 is 2.44 bits per heavy atom. The van der Waals surface area contributed by atoms with Gasteiger partial charge in [0.15, 0.2) is 10.9 Å². The van der Waals surface area contributed by atoms with Crippen molar-refractivity contribution in [2.75, 3.05) is 23.4 Å². The number of ketones is 1. The summed E-state index contributed by atoms with van der Waals surface area (Å²) in [6.45, 7) is 2.41. The zero-order valence-corrected chi connectivity index (χ0v) is 11.7. The van der Waals surface area contributed by atoms with Gasteiger partial charge in [0, 0.05) is 42.8 Å². The second-order valence-corrected chi connectivity index (χ2v) is 6.08. The molecule has 18 heavy (non-hydrogen) atoms. The predicted molar refractivity (Wildman–Crippen MR) is 74.5 cm³/mol. The van der Waals surface area contributed by atoms with E-state index in [1.165, 1.54) is 18.3 Å². The van der Waals surface area contributed by atoms with Gasteiger partial charge in [-0.3, -0.25) is 9.59 Å². The van der Waals surface area contributed by atoms with Crippen LogP contribution >= 0.6 is 23.1 Å². The number of carbonyl (C=O) groups excluding carboxylic acids is 2. The van der Waals surface area contributed by atoms with Crippen molar-refractivity contribution < 1.29 is 9.59 Å². The summed E-state index contributed by atoms with van der Waals surface area (Å²) in [7, 11) is 0. The summed E-state index contributed by atoms with van der Waals surface area (Å²) in [6.07, 6.45) is 0.446. The standard InChI is InChI=1S/C11H15N3O2S2/c1-7(15)9-6-18-11(13-9)14-10(16)4-8-5-17-3-2-12-8/h6,8,12H,2-5H2,1H3,(H,13,14,16). The summed E-state index contributed by atoms with van der Waals surface area (Å²) in [5.74, 6) is 1.92. The minimum Gasteiger partial charge on any atom is -0.312 e. The van der Waals surface area contributed by atoms with Crippen molar-refractivity contribution in [1.82, 2.24) is 10.3 Å². The average Bonchev–Trinajstić information content (AvgIpc) is 2.78. The fraction of sp³-hybridized carbons (Fsp3) is 0.545. The second kappa shape index (κ2) is 6.31. The van der Waals surface area contributed by atoms with Crippen LogP contribution in [0.1, 0.15) is 23.8 Å². The van der Waals surface area contributed by atoms with E-state index >= 15 is 0 Å². The van der Waals surface area contributed by atoms with Crippen molar-refractivity contribution in [1.29, 1.82) is 0 Å². The van der Waals surface area contributed by atoms with E-state index in [1.54, 1.807) is 5.38 Å². The first-order valence-corrected chi connectivity index (χ1v) is 7.76. The van der Waals surface area contributed by atoms with Crippen LogP contribution in [0.5, 0.6) is 0 Å². The molecule has 1 aliphatic rings. The highest BCUT2D eigenvalue weighted by molar-refractivity contribution is 7.99. The molecule has 98 valence electrons. The number of thioether (sulfide) groups is 1. The minimum absolute atomic E-state index is 0.0561. The SMILES string of the molecule is CC(=O)c1csc(NC(=O)CC2CSCCN2)n1. The van der Waals surface area contributed by atoms with Gasteiger partial charge in [0.2, 0.25) is 5.91 Å². The number of hydrogen-bond acceptors (Lipinski definition) is 6. The van der Waals surface area contributed by atoms with Crippen molar-refractivity contribution in [3.05, 3.63) is 11.1 Å². The molecular weight excluding hydrogens is 270 g/mol. The van der Waals surface area contributed by atoms with E-state index in [4.69, 9.17) is 0 Å². The number of nitrogens with zero attached hydrogens (tertiary/aromatic N) is 1. The van der Waals surface area contributed by atoms with Crippen molar-refractivity contribution >= 4 is 39.9 Å². The average molecular weight is 285 g/mol. The number of carbonyl (C=O) groups is 2. The van der Waals surface area contributed by atoms with Crippen LogP contribution in [0, 0.1) is 0 Å². The Kier molecular flexibility index (Phi) is 4.73. The highest BCUT2D eigenvalue weighted by Gasteiger charge is 2.17. The van der Waals surface area contributed by atoms with Gasteiger partial charge in [0.05, 0.1) is 0 Å². The summed E-state index contributed by atoms with van der Waals surface area (Å²) in [5, 5.41) is 8.19. The lowest BCUT2D eigenvalue weighted by Crippen LogP contribution is -2.39. The van der Waals surface area contributed by atoms with Gasteiger partial charge in [-0.2, -0.15) is 11.8 Å². The number of Topliss-reactive ketones (excluding diaryl/α,β-unsaturated/α-hetero) is 1. The molecule has 2 N–H and O–H groups in total. The lowest BCUT2D eigenvalue weighted by molar-refractivity contribution is -0.116. The Balaban J connectivity index is 1.84. The Morgan fingerprint density at radius 3 is 3.06 bits per heavy atom. The van der Waals surface area contributed by atoms with E-state index in [-0.39, 0.29) is 17.7 Å². The molecule has 1 unspecified atom stereocenters. The van der Waals surface area contributed by atoms with Crippen LogP contribution in [0.25, 0.3) is 0 Å². The predicted octanol–water partition coefficient (Wildman–Crippen LogP) is 1.38. The number of thiazole rings is 1. The maximum Gasteiger partial charge on any atom is 0.227 e. The molecule has 0 aromatic carbocycles. The van der Waals surface area contributed by atoms with Gasteiger partial charge in [-0.05, 0) is 0 Å². The van der Waals surface area contributed by atoms with Crippen LogP contribution < -0.4 is 10.6 Å². The molecule has 1 fully saturated rings. The van der Waals surface area contributed by atoms with Gasteiger partial charge in [-0.15, -0.1) is 11.3 Å². The first kappa shape index (κ1) is 13.5. The molecule has 1 amide bonds. The number of amides is 1. The Labute approximate surface area is 114 Å². The van der Waals surface area contributed by atoms with Gasteiger partial charge < -0.3 is 10.6 Å². The van der Waals surface area contributed by atoms with Gasteiger partial charge in [0.25, 0.3) is 0 Å². The van der Waals surface area contributed by atoms with Gasteiger partial charge in [0.1, 0.15) is 5.69 Å². The molecule has 2 rings (SSSR count). The van der Waals surface area contributed by atoms with E-state index in [0.717, 1.165) is 18.1 Å². The highest BCUT2D eigenvalue weighted by Crippen LogP contribution is 2.17. The van der Waals surface area contributed by atoms with Crippen LogP contribution in [-0.2, 0) is 4.79 Å². The molecule has 2 heterocycles. The molecule has 0 saturated carbocycles. The Bertz CT molecular complexity index is 441. The lowest BCUT2D eigenvalue weighted by Gasteiger charge is -2.22. The van der Waals surface area contributed by atoms with E-state index in [0.29, 0.717) is 17.2 Å². The van der Waals surface area contributed by atoms with E-state index in [9.17, 15) is 9.59 Å². The topological polar surface area (TPSA) is 71.1 Å². The van der Waals surface area contributed by atoms with Gasteiger partial charge in [-0.25, -0.2) is 4.98 Å². The van der Waals surface area contributed by atoms with E-state index in [1.807, 2.05) is 11.8 Å². The zero-order chi connectivity index (χ0) is 13.0. The van der Waals surface area contributed by atoms with Crippen LogP contribution in [-0.4, -0.2) is 40.8 Å². The maximum atomic E-state index is 11.8. The smallest absolute Gasteiger partial charge is 0.227 e. The summed E-state index contributed by atoms with van der Waals surface area (Å²) in [4.78, 5) is 26.9. The molecule has 1 atom stereocenters. The third-order valence-corrected chi connectivity index (χ3v) is 4.43. The van der Waals surface area contributed by atoms with Gasteiger partial charge >= 0.3 is 0 Å².